The summed E-state index contributed by atoms with van der Waals surface area (Å²) in [6.45, 7) is 9.20. The van der Waals surface area contributed by atoms with Crippen LogP contribution in [0.1, 0.15) is 45.2 Å². The second-order valence-corrected chi connectivity index (χ2v) is 6.16. The Bertz CT molecular complexity index is 461. The molecule has 4 nitrogen and oxygen atoms in total. The van der Waals surface area contributed by atoms with E-state index in [9.17, 15) is 9.90 Å². The maximum absolute atomic E-state index is 11.8. The van der Waals surface area contributed by atoms with Gasteiger partial charge in [-0.2, -0.15) is 0 Å². The summed E-state index contributed by atoms with van der Waals surface area (Å²) >= 11 is 0. The highest BCUT2D eigenvalue weighted by Crippen LogP contribution is 2.19. The molecule has 0 saturated heterocycles. The third-order valence-electron chi connectivity index (χ3n) is 2.79. The largest absolute Gasteiger partial charge is 0.444 e. The first kappa shape index (κ1) is 16.5. The number of hydrogen-bond donors (Lipinski definition) is 2. The minimum Gasteiger partial charge on any atom is -0.444 e. The van der Waals surface area contributed by atoms with Crippen LogP contribution in [0.2, 0.25) is 0 Å². The number of nitrogens with one attached hydrogen (secondary N) is 1. The van der Waals surface area contributed by atoms with Crippen molar-refractivity contribution in [3.63, 3.8) is 0 Å². The first-order chi connectivity index (χ1) is 9.17. The molecular weight excluding hydrogens is 254 g/mol. The zero-order chi connectivity index (χ0) is 15.3. The zero-order valence-electron chi connectivity index (χ0n) is 13.0. The number of hydrogen-bond acceptors (Lipinski definition) is 3. The van der Waals surface area contributed by atoms with E-state index < -0.39 is 11.7 Å². The Morgan fingerprint density at radius 1 is 1.40 bits per heavy atom. The van der Waals surface area contributed by atoms with Gasteiger partial charge in [0, 0.05) is 5.69 Å². The zero-order valence-corrected chi connectivity index (χ0v) is 13.0. The maximum atomic E-state index is 11.8. The van der Waals surface area contributed by atoms with Gasteiger partial charge in [0.25, 0.3) is 0 Å². The lowest BCUT2D eigenvalue weighted by Crippen LogP contribution is -2.27. The van der Waals surface area contributed by atoms with Gasteiger partial charge in [-0.1, -0.05) is 12.1 Å². The van der Waals surface area contributed by atoms with Crippen LogP contribution in [0, 0.1) is 6.92 Å². The van der Waals surface area contributed by atoms with Gasteiger partial charge in [0.2, 0.25) is 0 Å². The van der Waals surface area contributed by atoms with E-state index in [4.69, 9.17) is 4.74 Å². The minimum absolute atomic E-state index is 0.321. The number of amides is 1. The number of anilines is 1. The van der Waals surface area contributed by atoms with Gasteiger partial charge >= 0.3 is 6.09 Å². The Hall–Kier alpha value is -1.55. The molecule has 1 unspecified atom stereocenters. The summed E-state index contributed by atoms with van der Waals surface area (Å²) in [5, 5.41) is 12.1. The molecule has 1 aromatic carbocycles. The van der Waals surface area contributed by atoms with Crippen molar-refractivity contribution in [1.82, 2.24) is 0 Å². The van der Waals surface area contributed by atoms with Crippen LogP contribution in [0.4, 0.5) is 10.5 Å². The summed E-state index contributed by atoms with van der Waals surface area (Å²) in [5.74, 6) is 0. The van der Waals surface area contributed by atoms with E-state index in [1.165, 1.54) is 0 Å². The van der Waals surface area contributed by atoms with Crippen LogP contribution in [-0.2, 0) is 11.2 Å². The molecule has 4 heteroatoms. The first-order valence-corrected chi connectivity index (χ1v) is 6.95. The Morgan fingerprint density at radius 2 is 2.05 bits per heavy atom. The number of carbonyl (C=O) groups is 1. The SMILES string of the molecule is Cc1ccc(CCC(C)O)cc1NC(=O)OC(C)(C)C. The first-order valence-electron chi connectivity index (χ1n) is 6.95. The van der Waals surface area contributed by atoms with Gasteiger partial charge in [-0.25, -0.2) is 4.79 Å². The lowest BCUT2D eigenvalue weighted by molar-refractivity contribution is 0.0636. The quantitative estimate of drug-likeness (QED) is 0.884. The van der Waals surface area contributed by atoms with Crippen LogP contribution < -0.4 is 5.32 Å². The molecular formula is C16H25NO3. The molecule has 0 aromatic heterocycles. The molecule has 0 spiro atoms. The number of rotatable bonds is 4. The highest BCUT2D eigenvalue weighted by atomic mass is 16.6. The van der Waals surface area contributed by atoms with Gasteiger partial charge in [-0.3, -0.25) is 5.32 Å². The summed E-state index contributed by atoms with van der Waals surface area (Å²) in [4.78, 5) is 11.8. The highest BCUT2D eigenvalue weighted by molar-refractivity contribution is 5.86. The lowest BCUT2D eigenvalue weighted by Gasteiger charge is -2.20. The van der Waals surface area contributed by atoms with E-state index in [0.717, 1.165) is 23.2 Å². The summed E-state index contributed by atoms with van der Waals surface area (Å²) in [5.41, 5.74) is 2.31. The second kappa shape index (κ2) is 6.75. The second-order valence-electron chi connectivity index (χ2n) is 6.16. The molecule has 2 N–H and O–H groups in total. The van der Waals surface area contributed by atoms with E-state index in [1.54, 1.807) is 6.92 Å². The van der Waals surface area contributed by atoms with Crippen molar-refractivity contribution in [3.8, 4) is 0 Å². The molecule has 0 aliphatic heterocycles. The van der Waals surface area contributed by atoms with Crippen LogP contribution in [0.15, 0.2) is 18.2 Å². The molecule has 0 aliphatic carbocycles. The monoisotopic (exact) mass is 279 g/mol. The Labute approximate surface area is 121 Å². The summed E-state index contributed by atoms with van der Waals surface area (Å²) in [6.07, 6.45) is 0.711. The summed E-state index contributed by atoms with van der Waals surface area (Å²) < 4.78 is 5.24. The predicted molar refractivity (Wildman–Crippen MR) is 81.0 cm³/mol. The molecule has 0 fully saturated rings. The summed E-state index contributed by atoms with van der Waals surface area (Å²) in [6, 6.07) is 5.91. The van der Waals surface area contributed by atoms with Gasteiger partial charge in [0.05, 0.1) is 6.10 Å². The van der Waals surface area contributed by atoms with E-state index in [1.807, 2.05) is 45.9 Å². The standard InChI is InChI=1S/C16H25NO3/c1-11-6-8-13(9-7-12(2)18)10-14(11)17-15(19)20-16(3,4)5/h6,8,10,12,18H,7,9H2,1-5H3,(H,17,19). The molecule has 20 heavy (non-hydrogen) atoms. The Balaban J connectivity index is 2.73. The smallest absolute Gasteiger partial charge is 0.412 e. The number of carbonyl (C=O) groups excluding carboxylic acids is 1. The van der Waals surface area contributed by atoms with Crippen molar-refractivity contribution in [2.24, 2.45) is 0 Å². The van der Waals surface area contributed by atoms with E-state index in [0.29, 0.717) is 6.42 Å². The van der Waals surface area contributed by atoms with Crippen LogP contribution in [0.3, 0.4) is 0 Å². The van der Waals surface area contributed by atoms with Crippen LogP contribution in [-0.4, -0.2) is 22.9 Å². The van der Waals surface area contributed by atoms with Gasteiger partial charge in [-0.15, -0.1) is 0 Å². The van der Waals surface area contributed by atoms with Gasteiger partial charge in [0.1, 0.15) is 5.60 Å². The lowest BCUT2D eigenvalue weighted by atomic mass is 10.0. The van der Waals surface area contributed by atoms with Crippen molar-refractivity contribution in [3.05, 3.63) is 29.3 Å². The van der Waals surface area contributed by atoms with Gasteiger partial charge in [0.15, 0.2) is 0 Å². The molecule has 0 heterocycles. The Kier molecular flexibility index (Phi) is 5.57. The summed E-state index contributed by atoms with van der Waals surface area (Å²) in [7, 11) is 0. The maximum Gasteiger partial charge on any atom is 0.412 e. The molecule has 0 bridgehead atoms. The molecule has 1 aromatic rings. The average Bonchev–Trinajstić information content (AvgIpc) is 2.27. The number of aliphatic hydroxyl groups excluding tert-OH is 1. The fourth-order valence-electron chi connectivity index (χ4n) is 1.75. The minimum atomic E-state index is -0.512. The van der Waals surface area contributed by atoms with Gasteiger partial charge in [-0.05, 0) is 64.7 Å². The number of ether oxygens (including phenoxy) is 1. The predicted octanol–water partition coefficient (Wildman–Crippen LogP) is 3.66. The molecule has 112 valence electrons. The molecule has 0 saturated carbocycles. The molecule has 1 rings (SSSR count). The average molecular weight is 279 g/mol. The highest BCUT2D eigenvalue weighted by Gasteiger charge is 2.16. The molecule has 0 aliphatic rings. The van der Waals surface area contributed by atoms with Crippen LogP contribution in [0.25, 0.3) is 0 Å². The van der Waals surface area contributed by atoms with Crippen molar-refractivity contribution in [1.29, 1.82) is 0 Å². The number of aliphatic hydroxyl groups is 1. The topological polar surface area (TPSA) is 58.6 Å². The van der Waals surface area contributed by atoms with Crippen molar-refractivity contribution in [2.45, 2.75) is 59.2 Å². The van der Waals surface area contributed by atoms with Gasteiger partial charge < -0.3 is 9.84 Å². The Morgan fingerprint density at radius 3 is 2.60 bits per heavy atom. The normalized spacial score (nSPS) is 12.9. The van der Waals surface area contributed by atoms with E-state index in [2.05, 4.69) is 5.32 Å². The molecule has 1 amide bonds. The fourth-order valence-corrected chi connectivity index (χ4v) is 1.75. The number of aryl methyl sites for hydroxylation is 2. The van der Waals surface area contributed by atoms with Crippen LogP contribution >= 0.6 is 0 Å². The number of benzene rings is 1. The van der Waals surface area contributed by atoms with Crippen molar-refractivity contribution < 1.29 is 14.6 Å². The van der Waals surface area contributed by atoms with E-state index in [-0.39, 0.29) is 6.10 Å². The fraction of sp³-hybridized carbons (Fsp3) is 0.562. The van der Waals surface area contributed by atoms with E-state index >= 15 is 0 Å². The van der Waals surface area contributed by atoms with Crippen LogP contribution in [0.5, 0.6) is 0 Å². The third-order valence-corrected chi connectivity index (χ3v) is 2.79. The van der Waals surface area contributed by atoms with Crippen molar-refractivity contribution in [2.75, 3.05) is 5.32 Å². The third kappa shape index (κ3) is 6.06. The molecule has 1 atom stereocenters. The van der Waals surface area contributed by atoms with Crippen molar-refractivity contribution >= 4 is 11.8 Å². The molecule has 0 radical (unpaired) electrons.